The second-order valence-electron chi connectivity index (χ2n) is 3.61. The first-order chi connectivity index (χ1) is 7.77. The summed E-state index contributed by atoms with van der Waals surface area (Å²) in [6.45, 7) is 0. The van der Waals surface area contributed by atoms with Crippen LogP contribution in [0.1, 0.15) is 22.3 Å². The van der Waals surface area contributed by atoms with Gasteiger partial charge in [-0.1, -0.05) is 29.8 Å². The highest BCUT2D eigenvalue weighted by Gasteiger charge is 2.07. The SMILES string of the molecule is O=C(CCc1ccccc1Cl)c1cc[nH]c1. The van der Waals surface area contributed by atoms with Crippen molar-refractivity contribution in [2.45, 2.75) is 12.8 Å². The zero-order valence-electron chi connectivity index (χ0n) is 8.74. The molecule has 3 heteroatoms. The van der Waals surface area contributed by atoms with Crippen LogP contribution in [-0.4, -0.2) is 10.8 Å². The number of halogens is 1. The van der Waals surface area contributed by atoms with E-state index in [1.807, 2.05) is 24.3 Å². The second kappa shape index (κ2) is 4.99. The maximum Gasteiger partial charge on any atom is 0.164 e. The fourth-order valence-corrected chi connectivity index (χ4v) is 1.82. The molecule has 1 heterocycles. The fraction of sp³-hybridized carbons (Fsp3) is 0.154. The van der Waals surface area contributed by atoms with Crippen molar-refractivity contribution in [3.05, 3.63) is 58.9 Å². The Morgan fingerprint density at radius 3 is 2.75 bits per heavy atom. The van der Waals surface area contributed by atoms with Crippen LogP contribution in [0, 0.1) is 0 Å². The van der Waals surface area contributed by atoms with Crippen LogP contribution in [0.2, 0.25) is 5.02 Å². The van der Waals surface area contributed by atoms with Crippen LogP contribution in [0.25, 0.3) is 0 Å². The molecule has 0 aliphatic carbocycles. The van der Waals surface area contributed by atoms with Crippen molar-refractivity contribution in [1.29, 1.82) is 0 Å². The molecule has 1 aromatic carbocycles. The minimum atomic E-state index is 0.140. The lowest BCUT2D eigenvalue weighted by Gasteiger charge is -2.02. The summed E-state index contributed by atoms with van der Waals surface area (Å²) in [5.74, 6) is 0.140. The van der Waals surface area contributed by atoms with E-state index in [9.17, 15) is 4.79 Å². The highest BCUT2D eigenvalue weighted by atomic mass is 35.5. The highest BCUT2D eigenvalue weighted by Crippen LogP contribution is 2.17. The minimum Gasteiger partial charge on any atom is -0.367 e. The third-order valence-corrected chi connectivity index (χ3v) is 2.87. The van der Waals surface area contributed by atoms with Gasteiger partial charge in [-0.25, -0.2) is 0 Å². The molecule has 0 saturated carbocycles. The first-order valence-electron chi connectivity index (χ1n) is 5.17. The molecular formula is C13H12ClNO. The van der Waals surface area contributed by atoms with Crippen molar-refractivity contribution in [3.8, 4) is 0 Å². The van der Waals surface area contributed by atoms with Crippen LogP contribution in [-0.2, 0) is 6.42 Å². The van der Waals surface area contributed by atoms with Gasteiger partial charge in [0.25, 0.3) is 0 Å². The minimum absolute atomic E-state index is 0.140. The molecule has 2 aromatic rings. The van der Waals surface area contributed by atoms with Crippen molar-refractivity contribution in [2.24, 2.45) is 0 Å². The van der Waals surface area contributed by atoms with Gasteiger partial charge in [0, 0.05) is 29.4 Å². The maximum atomic E-state index is 11.7. The molecule has 2 nitrogen and oxygen atoms in total. The Morgan fingerprint density at radius 1 is 1.25 bits per heavy atom. The van der Waals surface area contributed by atoms with Gasteiger partial charge in [0.05, 0.1) is 0 Å². The molecule has 0 saturated heterocycles. The monoisotopic (exact) mass is 233 g/mol. The predicted octanol–water partition coefficient (Wildman–Crippen LogP) is 3.48. The van der Waals surface area contributed by atoms with Gasteiger partial charge in [0.15, 0.2) is 5.78 Å². The first-order valence-corrected chi connectivity index (χ1v) is 5.54. The van der Waals surface area contributed by atoms with Crippen molar-refractivity contribution in [3.63, 3.8) is 0 Å². The average molecular weight is 234 g/mol. The van der Waals surface area contributed by atoms with E-state index in [-0.39, 0.29) is 5.78 Å². The number of carbonyl (C=O) groups excluding carboxylic acids is 1. The predicted molar refractivity (Wildman–Crippen MR) is 64.9 cm³/mol. The standard InChI is InChI=1S/C13H12ClNO/c14-12-4-2-1-3-10(12)5-6-13(16)11-7-8-15-9-11/h1-4,7-9,15H,5-6H2. The van der Waals surface area contributed by atoms with Crippen LogP contribution in [0.4, 0.5) is 0 Å². The number of H-pyrrole nitrogens is 1. The molecule has 0 bridgehead atoms. The Balaban J connectivity index is 1.98. The summed E-state index contributed by atoms with van der Waals surface area (Å²) in [5.41, 5.74) is 1.75. The maximum absolute atomic E-state index is 11.7. The normalized spacial score (nSPS) is 10.3. The van der Waals surface area contributed by atoms with Gasteiger partial charge in [-0.15, -0.1) is 0 Å². The third-order valence-electron chi connectivity index (χ3n) is 2.50. The Kier molecular flexibility index (Phi) is 3.42. The summed E-state index contributed by atoms with van der Waals surface area (Å²) in [6, 6.07) is 9.40. The van der Waals surface area contributed by atoms with Crippen molar-refractivity contribution < 1.29 is 4.79 Å². The first kappa shape index (κ1) is 11.0. The molecule has 0 radical (unpaired) electrons. The summed E-state index contributed by atoms with van der Waals surface area (Å²) in [5, 5.41) is 0.726. The lowest BCUT2D eigenvalue weighted by atomic mass is 10.0. The topological polar surface area (TPSA) is 32.9 Å². The molecule has 1 N–H and O–H groups in total. The van der Waals surface area contributed by atoms with Gasteiger partial charge in [-0.05, 0) is 24.1 Å². The molecule has 0 fully saturated rings. The van der Waals surface area contributed by atoms with E-state index in [0.717, 1.165) is 16.1 Å². The van der Waals surface area contributed by atoms with E-state index in [0.29, 0.717) is 12.8 Å². The van der Waals surface area contributed by atoms with Gasteiger partial charge in [0.1, 0.15) is 0 Å². The lowest BCUT2D eigenvalue weighted by molar-refractivity contribution is 0.0983. The molecule has 0 unspecified atom stereocenters. The van der Waals surface area contributed by atoms with Crippen molar-refractivity contribution in [2.75, 3.05) is 0 Å². The van der Waals surface area contributed by atoms with E-state index >= 15 is 0 Å². The number of aromatic amines is 1. The van der Waals surface area contributed by atoms with Crippen molar-refractivity contribution >= 4 is 17.4 Å². The van der Waals surface area contributed by atoms with E-state index in [2.05, 4.69) is 4.98 Å². The zero-order valence-corrected chi connectivity index (χ0v) is 9.50. The van der Waals surface area contributed by atoms with Gasteiger partial charge >= 0.3 is 0 Å². The van der Waals surface area contributed by atoms with Gasteiger partial charge in [-0.2, -0.15) is 0 Å². The Labute approximate surface area is 99.3 Å². The molecule has 1 aromatic heterocycles. The number of hydrogen-bond acceptors (Lipinski definition) is 1. The largest absolute Gasteiger partial charge is 0.367 e. The van der Waals surface area contributed by atoms with Crippen LogP contribution in [0.15, 0.2) is 42.7 Å². The number of aromatic nitrogens is 1. The summed E-state index contributed by atoms with van der Waals surface area (Å²) >= 11 is 6.02. The Bertz CT molecular complexity index is 476. The zero-order chi connectivity index (χ0) is 11.4. The molecule has 0 spiro atoms. The third kappa shape index (κ3) is 2.52. The molecular weight excluding hydrogens is 222 g/mol. The smallest absolute Gasteiger partial charge is 0.164 e. The molecule has 0 atom stereocenters. The van der Waals surface area contributed by atoms with Crippen LogP contribution < -0.4 is 0 Å². The van der Waals surface area contributed by atoms with Gasteiger partial charge in [0.2, 0.25) is 0 Å². The van der Waals surface area contributed by atoms with E-state index in [1.165, 1.54) is 0 Å². The number of nitrogens with one attached hydrogen (secondary N) is 1. The number of carbonyl (C=O) groups is 1. The number of benzene rings is 1. The molecule has 16 heavy (non-hydrogen) atoms. The second-order valence-corrected chi connectivity index (χ2v) is 4.02. The molecule has 2 rings (SSSR count). The van der Waals surface area contributed by atoms with Gasteiger partial charge < -0.3 is 4.98 Å². The number of ketones is 1. The molecule has 0 aliphatic rings. The number of aryl methyl sites for hydroxylation is 1. The van der Waals surface area contributed by atoms with Crippen molar-refractivity contribution in [1.82, 2.24) is 4.98 Å². The van der Waals surface area contributed by atoms with Crippen LogP contribution >= 0.6 is 11.6 Å². The Hall–Kier alpha value is -1.54. The molecule has 0 aliphatic heterocycles. The summed E-state index contributed by atoms with van der Waals surface area (Å²) in [4.78, 5) is 14.6. The number of hydrogen-bond donors (Lipinski definition) is 1. The molecule has 82 valence electrons. The van der Waals surface area contributed by atoms with E-state index < -0.39 is 0 Å². The number of Topliss-reactive ketones (excluding diaryl/α,β-unsaturated/α-hetero) is 1. The van der Waals surface area contributed by atoms with Crippen LogP contribution in [0.5, 0.6) is 0 Å². The Morgan fingerprint density at radius 2 is 2.06 bits per heavy atom. The lowest BCUT2D eigenvalue weighted by Crippen LogP contribution is -1.99. The molecule has 0 amide bonds. The summed E-state index contributed by atoms with van der Waals surface area (Å²) < 4.78 is 0. The highest BCUT2D eigenvalue weighted by molar-refractivity contribution is 6.31. The van der Waals surface area contributed by atoms with E-state index in [1.54, 1.807) is 18.5 Å². The average Bonchev–Trinajstić information content (AvgIpc) is 2.81. The number of rotatable bonds is 4. The fourth-order valence-electron chi connectivity index (χ4n) is 1.59. The van der Waals surface area contributed by atoms with Crippen LogP contribution in [0.3, 0.4) is 0 Å². The quantitative estimate of drug-likeness (QED) is 0.806. The van der Waals surface area contributed by atoms with E-state index in [4.69, 9.17) is 11.6 Å². The van der Waals surface area contributed by atoms with Gasteiger partial charge in [-0.3, -0.25) is 4.79 Å². The summed E-state index contributed by atoms with van der Waals surface area (Å²) in [6.07, 6.45) is 4.64. The summed E-state index contributed by atoms with van der Waals surface area (Å²) in [7, 11) is 0.